The van der Waals surface area contributed by atoms with Crippen molar-refractivity contribution in [3.63, 3.8) is 0 Å². The van der Waals surface area contributed by atoms with Crippen LogP contribution in [0.5, 0.6) is 0 Å². The maximum Gasteiger partial charge on any atom is 0.254 e. The Morgan fingerprint density at radius 2 is 1.92 bits per heavy atom. The number of nitrogens with zero attached hydrogens (tertiary/aromatic N) is 2. The van der Waals surface area contributed by atoms with Crippen molar-refractivity contribution in [3.05, 3.63) is 69.7 Å². The lowest BCUT2D eigenvalue weighted by atomic mass is 10.1. The van der Waals surface area contributed by atoms with Gasteiger partial charge in [-0.2, -0.15) is 0 Å². The highest BCUT2D eigenvalue weighted by atomic mass is 79.9. The molecule has 130 valence electrons. The van der Waals surface area contributed by atoms with E-state index in [2.05, 4.69) is 15.9 Å². The molecule has 3 rings (SSSR count). The number of piperazine rings is 1. The zero-order chi connectivity index (χ0) is 18.0. The van der Waals surface area contributed by atoms with E-state index in [1.54, 1.807) is 18.2 Å². The van der Waals surface area contributed by atoms with Crippen molar-refractivity contribution in [2.75, 3.05) is 19.6 Å². The van der Waals surface area contributed by atoms with Crippen LogP contribution in [0.3, 0.4) is 0 Å². The molecule has 1 fully saturated rings. The van der Waals surface area contributed by atoms with Gasteiger partial charge in [-0.05, 0) is 24.3 Å². The molecule has 2 aromatic rings. The topological polar surface area (TPSA) is 40.6 Å². The van der Waals surface area contributed by atoms with Crippen LogP contribution in [0.4, 0.5) is 8.78 Å². The van der Waals surface area contributed by atoms with Gasteiger partial charge in [-0.15, -0.1) is 0 Å². The van der Waals surface area contributed by atoms with Gasteiger partial charge in [0.25, 0.3) is 5.91 Å². The van der Waals surface area contributed by atoms with Crippen LogP contribution in [0.1, 0.15) is 15.9 Å². The number of benzene rings is 2. The van der Waals surface area contributed by atoms with Crippen molar-refractivity contribution >= 4 is 27.7 Å². The third kappa shape index (κ3) is 4.04. The molecular formula is C18H15BrF2N2O2. The van der Waals surface area contributed by atoms with E-state index in [0.29, 0.717) is 18.7 Å². The van der Waals surface area contributed by atoms with Crippen LogP contribution < -0.4 is 0 Å². The molecule has 0 atom stereocenters. The second-order valence-corrected chi connectivity index (χ2v) is 6.70. The summed E-state index contributed by atoms with van der Waals surface area (Å²) < 4.78 is 27.5. The maximum absolute atomic E-state index is 13.7. The Bertz CT molecular complexity index is 828. The van der Waals surface area contributed by atoms with Gasteiger partial charge in [0.2, 0.25) is 5.91 Å². The van der Waals surface area contributed by atoms with Gasteiger partial charge in [0, 0.05) is 41.3 Å². The quantitative estimate of drug-likeness (QED) is 0.782. The minimum atomic E-state index is -0.680. The van der Waals surface area contributed by atoms with Crippen molar-refractivity contribution in [3.8, 4) is 0 Å². The molecule has 1 saturated heterocycles. The molecule has 0 N–H and O–H groups in total. The van der Waals surface area contributed by atoms with Crippen molar-refractivity contribution < 1.29 is 18.4 Å². The molecule has 4 nitrogen and oxygen atoms in total. The lowest BCUT2D eigenvalue weighted by molar-refractivity contribution is -0.135. The van der Waals surface area contributed by atoms with E-state index in [-0.39, 0.29) is 30.5 Å². The molecule has 0 saturated carbocycles. The molecule has 0 spiro atoms. The third-order valence-electron chi connectivity index (χ3n) is 4.05. The Morgan fingerprint density at radius 1 is 1.12 bits per heavy atom. The summed E-state index contributed by atoms with van der Waals surface area (Å²) in [5.41, 5.74) is 0.752. The van der Waals surface area contributed by atoms with Gasteiger partial charge < -0.3 is 9.80 Å². The molecular weight excluding hydrogens is 394 g/mol. The number of amides is 2. The summed E-state index contributed by atoms with van der Waals surface area (Å²) >= 11 is 3.32. The van der Waals surface area contributed by atoms with Crippen molar-refractivity contribution in [2.45, 2.75) is 6.54 Å². The van der Waals surface area contributed by atoms with Crippen LogP contribution in [0, 0.1) is 11.6 Å². The minimum Gasteiger partial charge on any atom is -0.335 e. The van der Waals surface area contributed by atoms with Gasteiger partial charge in [0.05, 0.1) is 0 Å². The second-order valence-electron chi connectivity index (χ2n) is 5.79. The molecule has 1 aliphatic heterocycles. The van der Waals surface area contributed by atoms with E-state index < -0.39 is 11.6 Å². The molecule has 2 amide bonds. The van der Waals surface area contributed by atoms with Gasteiger partial charge in [0.15, 0.2) is 0 Å². The lowest BCUT2D eigenvalue weighted by Crippen LogP contribution is -2.51. The van der Waals surface area contributed by atoms with E-state index in [9.17, 15) is 18.4 Å². The molecule has 7 heteroatoms. The number of halogens is 3. The monoisotopic (exact) mass is 408 g/mol. The molecule has 0 unspecified atom stereocenters. The van der Waals surface area contributed by atoms with E-state index in [1.807, 2.05) is 6.07 Å². The summed E-state index contributed by atoms with van der Waals surface area (Å²) in [5, 5.41) is 0. The number of rotatable bonds is 3. The van der Waals surface area contributed by atoms with Gasteiger partial charge in [-0.25, -0.2) is 8.78 Å². The first-order chi connectivity index (χ1) is 11.9. The van der Waals surface area contributed by atoms with E-state index in [0.717, 1.165) is 16.6 Å². The summed E-state index contributed by atoms with van der Waals surface area (Å²) in [5.74, 6) is -1.82. The average Bonchev–Trinajstić information content (AvgIpc) is 2.58. The normalized spacial score (nSPS) is 14.8. The molecule has 0 radical (unpaired) electrons. The highest BCUT2D eigenvalue weighted by Crippen LogP contribution is 2.17. The van der Waals surface area contributed by atoms with Gasteiger partial charge in [0.1, 0.15) is 18.2 Å². The molecule has 2 aromatic carbocycles. The number of hydrogen-bond donors (Lipinski definition) is 0. The van der Waals surface area contributed by atoms with Crippen molar-refractivity contribution in [1.29, 1.82) is 0 Å². The first-order valence-corrected chi connectivity index (χ1v) is 8.50. The molecule has 0 aliphatic carbocycles. The number of carbonyl (C=O) groups is 2. The van der Waals surface area contributed by atoms with Gasteiger partial charge in [-0.3, -0.25) is 9.59 Å². The summed E-state index contributed by atoms with van der Waals surface area (Å²) in [6.45, 7) is 0.660. The summed E-state index contributed by atoms with van der Waals surface area (Å²) in [6, 6.07) is 10.3. The largest absolute Gasteiger partial charge is 0.335 e. The van der Waals surface area contributed by atoms with E-state index in [1.165, 1.54) is 15.9 Å². The van der Waals surface area contributed by atoms with Crippen molar-refractivity contribution in [2.24, 2.45) is 0 Å². The van der Waals surface area contributed by atoms with Crippen LogP contribution in [0.15, 0.2) is 46.9 Å². The highest BCUT2D eigenvalue weighted by Gasteiger charge is 2.28. The lowest BCUT2D eigenvalue weighted by Gasteiger charge is -2.34. The maximum atomic E-state index is 13.7. The first-order valence-electron chi connectivity index (χ1n) is 7.70. The van der Waals surface area contributed by atoms with Crippen molar-refractivity contribution in [1.82, 2.24) is 9.80 Å². The standard InChI is InChI=1S/C18H15BrF2N2O2/c19-14-3-1-2-12(8-14)18(25)23-7-6-22(17(24)11-23)10-13-4-5-15(20)9-16(13)21/h1-5,8-9H,6-7,10-11H2. The van der Waals surface area contributed by atoms with Crippen LogP contribution in [-0.4, -0.2) is 41.2 Å². The second kappa shape index (κ2) is 7.31. The molecule has 0 bridgehead atoms. The fourth-order valence-electron chi connectivity index (χ4n) is 2.71. The Morgan fingerprint density at radius 3 is 2.60 bits per heavy atom. The number of carbonyl (C=O) groups excluding carboxylic acids is 2. The smallest absolute Gasteiger partial charge is 0.254 e. The minimum absolute atomic E-state index is 0.0594. The molecule has 0 aromatic heterocycles. The zero-order valence-electron chi connectivity index (χ0n) is 13.2. The van der Waals surface area contributed by atoms with E-state index >= 15 is 0 Å². The Labute approximate surface area is 152 Å². The van der Waals surface area contributed by atoms with Gasteiger partial charge in [-0.1, -0.05) is 28.1 Å². The zero-order valence-corrected chi connectivity index (χ0v) is 14.8. The van der Waals surface area contributed by atoms with Crippen LogP contribution >= 0.6 is 15.9 Å². The van der Waals surface area contributed by atoms with E-state index in [4.69, 9.17) is 0 Å². The highest BCUT2D eigenvalue weighted by molar-refractivity contribution is 9.10. The van der Waals surface area contributed by atoms with Crippen LogP contribution in [0.25, 0.3) is 0 Å². The average molecular weight is 409 g/mol. The molecule has 1 aliphatic rings. The third-order valence-corrected chi connectivity index (χ3v) is 4.55. The summed E-state index contributed by atoms with van der Waals surface area (Å²) in [7, 11) is 0. The Hall–Kier alpha value is -2.28. The Balaban J connectivity index is 1.66. The van der Waals surface area contributed by atoms with Crippen LogP contribution in [-0.2, 0) is 11.3 Å². The fraction of sp³-hybridized carbons (Fsp3) is 0.222. The van der Waals surface area contributed by atoms with Crippen LogP contribution in [0.2, 0.25) is 0 Å². The predicted molar refractivity (Wildman–Crippen MR) is 91.8 cm³/mol. The molecule has 25 heavy (non-hydrogen) atoms. The number of hydrogen-bond acceptors (Lipinski definition) is 2. The summed E-state index contributed by atoms with van der Waals surface area (Å²) in [6.07, 6.45) is 0. The summed E-state index contributed by atoms with van der Waals surface area (Å²) in [4.78, 5) is 27.8. The first kappa shape index (κ1) is 17.5. The Kier molecular flexibility index (Phi) is 5.13. The fourth-order valence-corrected chi connectivity index (χ4v) is 3.11. The van der Waals surface area contributed by atoms with Gasteiger partial charge >= 0.3 is 0 Å². The predicted octanol–water partition coefficient (Wildman–Crippen LogP) is 3.21. The molecule has 1 heterocycles. The SMILES string of the molecule is O=C1CN(C(=O)c2cccc(Br)c2)CCN1Cc1ccc(F)cc1F.